The van der Waals surface area contributed by atoms with E-state index in [1.165, 1.54) is 6.92 Å². The highest BCUT2D eigenvalue weighted by Gasteiger charge is 2.13. The van der Waals surface area contributed by atoms with E-state index in [9.17, 15) is 4.79 Å². The molecular formula is C16H17N3O2. The van der Waals surface area contributed by atoms with Gasteiger partial charge in [0.15, 0.2) is 5.78 Å². The Bertz CT molecular complexity index is 654. The van der Waals surface area contributed by atoms with E-state index in [-0.39, 0.29) is 11.5 Å². The van der Waals surface area contributed by atoms with Crippen LogP contribution in [0.3, 0.4) is 0 Å². The molecular weight excluding hydrogens is 266 g/mol. The van der Waals surface area contributed by atoms with Gasteiger partial charge < -0.3 is 10.1 Å². The molecule has 108 valence electrons. The van der Waals surface area contributed by atoms with Crippen molar-refractivity contribution in [3.63, 3.8) is 0 Å². The van der Waals surface area contributed by atoms with Crippen LogP contribution in [0.4, 0.5) is 5.69 Å². The minimum Gasteiger partial charge on any atom is -0.456 e. The van der Waals surface area contributed by atoms with Gasteiger partial charge in [0.05, 0.1) is 6.20 Å². The van der Waals surface area contributed by atoms with Gasteiger partial charge in [-0.15, -0.1) is 0 Å². The molecule has 1 aromatic carbocycles. The van der Waals surface area contributed by atoms with E-state index in [1.54, 1.807) is 36.7 Å². The maximum absolute atomic E-state index is 11.4. The third-order valence-corrected chi connectivity index (χ3v) is 2.85. The second kappa shape index (κ2) is 6.65. The summed E-state index contributed by atoms with van der Waals surface area (Å²) in [6.45, 7) is 4.03. The minimum absolute atomic E-state index is 0.0149. The smallest absolute Gasteiger partial charge is 0.178 e. The number of Topliss-reactive ketones (excluding diaryl/α,β-unsaturated/α-hetero) is 1. The first-order chi connectivity index (χ1) is 10.1. The fourth-order valence-electron chi connectivity index (χ4n) is 1.87. The number of aromatic nitrogens is 1. The van der Waals surface area contributed by atoms with Crippen molar-refractivity contribution < 1.29 is 9.53 Å². The molecule has 0 fully saturated rings. The minimum atomic E-state index is -0.268. The Morgan fingerprint density at radius 3 is 2.76 bits per heavy atom. The molecule has 2 rings (SSSR count). The number of benzene rings is 1. The number of anilines is 1. The topological polar surface area (TPSA) is 75.1 Å². The molecule has 0 spiro atoms. The molecule has 5 heteroatoms. The van der Waals surface area contributed by atoms with E-state index in [0.29, 0.717) is 29.3 Å². The van der Waals surface area contributed by atoms with Crippen molar-refractivity contribution in [3.8, 4) is 11.5 Å². The summed E-state index contributed by atoms with van der Waals surface area (Å²) in [4.78, 5) is 15.4. The Hall–Kier alpha value is -2.69. The molecule has 2 N–H and O–H groups in total. The molecule has 2 aromatic rings. The van der Waals surface area contributed by atoms with E-state index in [4.69, 9.17) is 10.1 Å². The monoisotopic (exact) mass is 283 g/mol. The third-order valence-electron chi connectivity index (χ3n) is 2.85. The lowest BCUT2D eigenvalue weighted by atomic mass is 10.0. The van der Waals surface area contributed by atoms with Gasteiger partial charge in [0.1, 0.15) is 17.2 Å². The van der Waals surface area contributed by atoms with E-state index >= 15 is 0 Å². The van der Waals surface area contributed by atoms with Crippen LogP contribution in [0.2, 0.25) is 0 Å². The van der Waals surface area contributed by atoms with Crippen molar-refractivity contribution in [2.45, 2.75) is 13.8 Å². The van der Waals surface area contributed by atoms with Crippen LogP contribution in [0, 0.1) is 5.41 Å². The van der Waals surface area contributed by atoms with Gasteiger partial charge >= 0.3 is 0 Å². The molecule has 1 aromatic heterocycles. The summed E-state index contributed by atoms with van der Waals surface area (Å²) in [6, 6.07) is 8.84. The van der Waals surface area contributed by atoms with Crippen molar-refractivity contribution in [1.29, 1.82) is 5.41 Å². The van der Waals surface area contributed by atoms with E-state index < -0.39 is 0 Å². The van der Waals surface area contributed by atoms with Crippen molar-refractivity contribution in [1.82, 2.24) is 4.98 Å². The number of hydrogen-bond acceptors (Lipinski definition) is 5. The largest absolute Gasteiger partial charge is 0.456 e. The highest BCUT2D eigenvalue weighted by Crippen LogP contribution is 2.27. The Morgan fingerprint density at radius 1 is 1.33 bits per heavy atom. The van der Waals surface area contributed by atoms with Crippen LogP contribution >= 0.6 is 0 Å². The van der Waals surface area contributed by atoms with Crippen LogP contribution in [0.5, 0.6) is 11.5 Å². The number of nitrogens with one attached hydrogen (secondary N) is 2. The zero-order chi connectivity index (χ0) is 15.2. The van der Waals surface area contributed by atoms with Crippen LogP contribution in [-0.2, 0) is 4.79 Å². The SMILES string of the molecule is CCNc1cc(Oc2cccnc2)ccc1C(=N)C(C)=O. The molecule has 0 saturated heterocycles. The van der Waals surface area contributed by atoms with E-state index in [2.05, 4.69) is 10.3 Å². The standard InChI is InChI=1S/C16H17N3O2/c1-3-19-15-9-12(21-13-5-4-8-18-10-13)6-7-14(15)16(17)11(2)20/h4-10,17,19H,3H2,1-2H3. The Morgan fingerprint density at radius 2 is 2.14 bits per heavy atom. The van der Waals surface area contributed by atoms with Gasteiger partial charge in [-0.3, -0.25) is 15.2 Å². The summed E-state index contributed by atoms with van der Waals surface area (Å²) < 4.78 is 5.70. The Labute approximate surface area is 123 Å². The maximum atomic E-state index is 11.4. The second-order valence-electron chi connectivity index (χ2n) is 4.46. The predicted octanol–water partition coefficient (Wildman–Crippen LogP) is 3.26. The molecule has 0 atom stereocenters. The number of carbonyl (C=O) groups is 1. The lowest BCUT2D eigenvalue weighted by Gasteiger charge is -2.13. The summed E-state index contributed by atoms with van der Waals surface area (Å²) in [5.41, 5.74) is 1.26. The van der Waals surface area contributed by atoms with Gasteiger partial charge in [-0.25, -0.2) is 0 Å². The third kappa shape index (κ3) is 3.66. The number of ketones is 1. The van der Waals surface area contributed by atoms with Crippen LogP contribution in [0.15, 0.2) is 42.7 Å². The predicted molar refractivity (Wildman–Crippen MR) is 82.4 cm³/mol. The lowest BCUT2D eigenvalue weighted by Crippen LogP contribution is -2.13. The van der Waals surface area contributed by atoms with Crippen molar-refractivity contribution in [3.05, 3.63) is 48.3 Å². The molecule has 0 aliphatic rings. The van der Waals surface area contributed by atoms with E-state index in [1.807, 2.05) is 13.0 Å². The molecule has 0 radical (unpaired) electrons. The van der Waals surface area contributed by atoms with Gasteiger partial charge in [0.2, 0.25) is 0 Å². The molecule has 0 aliphatic heterocycles. The first-order valence-corrected chi connectivity index (χ1v) is 6.67. The number of rotatable bonds is 6. The highest BCUT2D eigenvalue weighted by atomic mass is 16.5. The Kier molecular flexibility index (Phi) is 4.66. The van der Waals surface area contributed by atoms with Crippen molar-refractivity contribution in [2.24, 2.45) is 0 Å². The summed E-state index contributed by atoms with van der Waals surface area (Å²) in [7, 11) is 0. The van der Waals surface area contributed by atoms with Gasteiger partial charge in [0.25, 0.3) is 0 Å². The first-order valence-electron chi connectivity index (χ1n) is 6.67. The first kappa shape index (κ1) is 14.7. The van der Waals surface area contributed by atoms with Crippen LogP contribution in [0.1, 0.15) is 19.4 Å². The normalized spacial score (nSPS) is 10.0. The number of nitrogens with zero attached hydrogens (tertiary/aromatic N) is 1. The zero-order valence-corrected chi connectivity index (χ0v) is 12.0. The summed E-state index contributed by atoms with van der Waals surface area (Å²) in [5, 5.41) is 11.0. The van der Waals surface area contributed by atoms with Crippen molar-refractivity contribution in [2.75, 3.05) is 11.9 Å². The van der Waals surface area contributed by atoms with E-state index in [0.717, 1.165) is 0 Å². The maximum Gasteiger partial charge on any atom is 0.178 e. The molecule has 0 saturated carbocycles. The van der Waals surface area contributed by atoms with Gasteiger partial charge in [-0.1, -0.05) is 0 Å². The van der Waals surface area contributed by atoms with Gasteiger partial charge in [0, 0.05) is 37.0 Å². The molecule has 0 unspecified atom stereocenters. The molecule has 21 heavy (non-hydrogen) atoms. The molecule has 5 nitrogen and oxygen atoms in total. The van der Waals surface area contributed by atoms with Crippen molar-refractivity contribution >= 4 is 17.2 Å². The second-order valence-corrected chi connectivity index (χ2v) is 4.46. The highest BCUT2D eigenvalue weighted by molar-refractivity contribution is 6.45. The molecule has 0 amide bonds. The average molecular weight is 283 g/mol. The molecule has 0 bridgehead atoms. The number of pyridine rings is 1. The fourth-order valence-corrected chi connectivity index (χ4v) is 1.87. The fraction of sp³-hybridized carbons (Fsp3) is 0.188. The van der Waals surface area contributed by atoms with Crippen LogP contribution in [0.25, 0.3) is 0 Å². The average Bonchev–Trinajstić information content (AvgIpc) is 2.48. The zero-order valence-electron chi connectivity index (χ0n) is 12.0. The lowest BCUT2D eigenvalue weighted by molar-refractivity contribution is -0.111. The molecule has 1 heterocycles. The van der Waals surface area contributed by atoms with Crippen LogP contribution in [-0.4, -0.2) is 23.0 Å². The van der Waals surface area contributed by atoms with Gasteiger partial charge in [-0.05, 0) is 31.2 Å². The summed E-state index contributed by atoms with van der Waals surface area (Å²) >= 11 is 0. The Balaban J connectivity index is 2.31. The summed E-state index contributed by atoms with van der Waals surface area (Å²) in [5.74, 6) is 0.989. The summed E-state index contributed by atoms with van der Waals surface area (Å²) in [6.07, 6.45) is 3.30. The quantitative estimate of drug-likeness (QED) is 0.798. The van der Waals surface area contributed by atoms with Gasteiger partial charge in [-0.2, -0.15) is 0 Å². The number of hydrogen-bond donors (Lipinski definition) is 2. The van der Waals surface area contributed by atoms with Crippen LogP contribution < -0.4 is 10.1 Å². The number of carbonyl (C=O) groups excluding carboxylic acids is 1. The molecule has 0 aliphatic carbocycles. The number of ether oxygens (including phenoxy) is 1.